The van der Waals surface area contributed by atoms with Crippen molar-refractivity contribution in [3.05, 3.63) is 29.3 Å². The molecule has 1 fully saturated rings. The lowest BCUT2D eigenvalue weighted by atomic mass is 10.1. The van der Waals surface area contributed by atoms with Crippen LogP contribution in [0.4, 0.5) is 0 Å². The van der Waals surface area contributed by atoms with Crippen LogP contribution in [0, 0.1) is 13.8 Å². The van der Waals surface area contributed by atoms with Crippen molar-refractivity contribution < 1.29 is 16.8 Å². The molecule has 1 aliphatic rings. The van der Waals surface area contributed by atoms with Gasteiger partial charge in [-0.3, -0.25) is 0 Å². The topological polar surface area (TPSA) is 97.5 Å². The summed E-state index contributed by atoms with van der Waals surface area (Å²) in [6, 6.07) is 4.41. The van der Waals surface area contributed by atoms with Gasteiger partial charge in [0.1, 0.15) is 0 Å². The molecule has 0 aliphatic carbocycles. The summed E-state index contributed by atoms with van der Waals surface area (Å²) in [6.07, 6.45) is 0.326. The number of benzene rings is 1. The third kappa shape index (κ3) is 3.51. The summed E-state index contributed by atoms with van der Waals surface area (Å²) in [4.78, 5) is 0.188. The molecular weight excluding hydrogens is 324 g/mol. The zero-order valence-corrected chi connectivity index (χ0v) is 14.5. The molecule has 6 nitrogen and oxygen atoms in total. The van der Waals surface area contributed by atoms with E-state index in [0.717, 1.165) is 11.1 Å². The fraction of sp³-hybridized carbons (Fsp3) is 0.571. The standard InChI is InChI=1S/C14H22N2O4S2/c1-11-3-4-14(9-12(11)2)22(19,20)16(7-6-15)13-5-8-21(17,18)10-13/h3-4,9,13H,5-8,10,15H2,1-2H3/t13-/m1/s1. The second-order valence-electron chi connectivity index (χ2n) is 5.71. The number of rotatable bonds is 5. The van der Waals surface area contributed by atoms with E-state index in [4.69, 9.17) is 5.73 Å². The van der Waals surface area contributed by atoms with Crippen molar-refractivity contribution in [2.45, 2.75) is 31.2 Å². The molecule has 0 aromatic heterocycles. The van der Waals surface area contributed by atoms with Gasteiger partial charge in [-0.1, -0.05) is 6.07 Å². The lowest BCUT2D eigenvalue weighted by molar-refractivity contribution is 0.347. The Morgan fingerprint density at radius 1 is 1.27 bits per heavy atom. The molecule has 0 radical (unpaired) electrons. The fourth-order valence-electron chi connectivity index (χ4n) is 2.64. The van der Waals surface area contributed by atoms with Crippen LogP contribution in [0.1, 0.15) is 17.5 Å². The molecule has 1 aromatic rings. The van der Waals surface area contributed by atoms with Gasteiger partial charge in [-0.15, -0.1) is 0 Å². The van der Waals surface area contributed by atoms with Crippen molar-refractivity contribution >= 4 is 19.9 Å². The molecule has 0 bridgehead atoms. The highest BCUT2D eigenvalue weighted by Crippen LogP contribution is 2.25. The number of nitrogens with zero attached hydrogens (tertiary/aromatic N) is 1. The maximum atomic E-state index is 12.9. The molecule has 0 unspecified atom stereocenters. The van der Waals surface area contributed by atoms with E-state index in [-0.39, 0.29) is 29.5 Å². The summed E-state index contributed by atoms with van der Waals surface area (Å²) in [5.74, 6) is -0.0990. The van der Waals surface area contributed by atoms with E-state index in [1.165, 1.54) is 4.31 Å². The van der Waals surface area contributed by atoms with E-state index >= 15 is 0 Å². The second kappa shape index (κ2) is 6.27. The fourth-order valence-corrected chi connectivity index (χ4v) is 6.22. The summed E-state index contributed by atoms with van der Waals surface area (Å²) in [6.45, 7) is 4.03. The van der Waals surface area contributed by atoms with Crippen LogP contribution in [0.15, 0.2) is 23.1 Å². The molecule has 0 saturated carbocycles. The molecule has 1 atom stereocenters. The molecule has 22 heavy (non-hydrogen) atoms. The molecule has 2 rings (SSSR count). The minimum absolute atomic E-state index is 0.0290. The average Bonchev–Trinajstić information content (AvgIpc) is 2.78. The van der Waals surface area contributed by atoms with Gasteiger partial charge in [0, 0.05) is 19.1 Å². The Morgan fingerprint density at radius 3 is 2.45 bits per heavy atom. The number of aryl methyl sites for hydroxylation is 2. The van der Waals surface area contributed by atoms with E-state index in [1.54, 1.807) is 18.2 Å². The summed E-state index contributed by atoms with van der Waals surface area (Å²) in [5, 5.41) is 0. The van der Waals surface area contributed by atoms with Crippen LogP contribution in [-0.4, -0.2) is 51.8 Å². The highest BCUT2D eigenvalue weighted by atomic mass is 32.2. The Hall–Kier alpha value is -0.960. The Labute approximate surface area is 132 Å². The smallest absolute Gasteiger partial charge is 0.243 e. The molecule has 1 aromatic carbocycles. The molecular formula is C14H22N2O4S2. The predicted octanol–water partition coefficient (Wildman–Crippen LogP) is 0.440. The Kier molecular flexibility index (Phi) is 4.96. The van der Waals surface area contributed by atoms with Gasteiger partial charge in [0.25, 0.3) is 0 Å². The average molecular weight is 346 g/mol. The van der Waals surface area contributed by atoms with Crippen LogP contribution >= 0.6 is 0 Å². The number of sulfonamides is 1. The van der Waals surface area contributed by atoms with Crippen molar-refractivity contribution in [1.29, 1.82) is 0 Å². The first-order valence-corrected chi connectivity index (χ1v) is 10.4. The zero-order chi connectivity index (χ0) is 16.5. The summed E-state index contributed by atoms with van der Waals surface area (Å²) >= 11 is 0. The van der Waals surface area contributed by atoms with Gasteiger partial charge in [-0.25, -0.2) is 16.8 Å². The third-order valence-corrected chi connectivity index (χ3v) is 7.75. The summed E-state index contributed by atoms with van der Waals surface area (Å²) in [5.41, 5.74) is 7.43. The van der Waals surface area contributed by atoms with Crippen molar-refractivity contribution in [3.8, 4) is 0 Å². The number of hydrogen-bond donors (Lipinski definition) is 1. The van der Waals surface area contributed by atoms with Crippen molar-refractivity contribution in [1.82, 2.24) is 4.31 Å². The molecule has 1 heterocycles. The molecule has 0 amide bonds. The zero-order valence-electron chi connectivity index (χ0n) is 12.8. The lowest BCUT2D eigenvalue weighted by Gasteiger charge is -2.27. The first kappa shape index (κ1) is 17.4. The van der Waals surface area contributed by atoms with Gasteiger partial charge in [-0.05, 0) is 43.5 Å². The molecule has 2 N–H and O–H groups in total. The normalized spacial score (nSPS) is 21.4. The van der Waals surface area contributed by atoms with Crippen molar-refractivity contribution in [2.24, 2.45) is 5.73 Å². The highest BCUT2D eigenvalue weighted by Gasteiger charge is 2.38. The molecule has 8 heteroatoms. The predicted molar refractivity (Wildman–Crippen MR) is 85.9 cm³/mol. The van der Waals surface area contributed by atoms with Crippen LogP contribution in [0.25, 0.3) is 0 Å². The quantitative estimate of drug-likeness (QED) is 0.834. The van der Waals surface area contributed by atoms with Crippen LogP contribution in [0.2, 0.25) is 0 Å². The molecule has 0 spiro atoms. The SMILES string of the molecule is Cc1ccc(S(=O)(=O)N(CCN)[C@@H]2CCS(=O)(=O)C2)cc1C. The number of nitrogens with two attached hydrogens (primary N) is 1. The van der Waals surface area contributed by atoms with Gasteiger partial charge >= 0.3 is 0 Å². The van der Waals surface area contributed by atoms with E-state index in [1.807, 2.05) is 13.8 Å². The Balaban J connectivity index is 2.40. The highest BCUT2D eigenvalue weighted by molar-refractivity contribution is 7.92. The lowest BCUT2D eigenvalue weighted by Crippen LogP contribution is -2.43. The van der Waals surface area contributed by atoms with E-state index in [0.29, 0.717) is 6.42 Å². The summed E-state index contributed by atoms with van der Waals surface area (Å²) in [7, 11) is -6.91. The van der Waals surface area contributed by atoms with Gasteiger partial charge in [0.2, 0.25) is 10.0 Å². The first-order chi connectivity index (χ1) is 10.2. The van der Waals surface area contributed by atoms with E-state index in [9.17, 15) is 16.8 Å². The maximum Gasteiger partial charge on any atom is 0.243 e. The van der Waals surface area contributed by atoms with Crippen LogP contribution in [0.3, 0.4) is 0 Å². The minimum Gasteiger partial charge on any atom is -0.329 e. The third-order valence-electron chi connectivity index (χ3n) is 4.05. The maximum absolute atomic E-state index is 12.9. The van der Waals surface area contributed by atoms with Crippen molar-refractivity contribution in [2.75, 3.05) is 24.6 Å². The van der Waals surface area contributed by atoms with Gasteiger partial charge < -0.3 is 5.73 Å². The summed E-state index contributed by atoms with van der Waals surface area (Å²) < 4.78 is 50.3. The number of sulfone groups is 1. The second-order valence-corrected chi connectivity index (χ2v) is 9.83. The Morgan fingerprint density at radius 2 is 1.95 bits per heavy atom. The van der Waals surface area contributed by atoms with Gasteiger partial charge in [-0.2, -0.15) is 4.31 Å². The van der Waals surface area contributed by atoms with Crippen LogP contribution in [-0.2, 0) is 19.9 Å². The molecule has 124 valence electrons. The Bertz CT molecular complexity index is 757. The van der Waals surface area contributed by atoms with Crippen molar-refractivity contribution in [3.63, 3.8) is 0 Å². The van der Waals surface area contributed by atoms with Crippen LogP contribution in [0.5, 0.6) is 0 Å². The van der Waals surface area contributed by atoms with Gasteiger partial charge in [0.15, 0.2) is 9.84 Å². The van der Waals surface area contributed by atoms with Gasteiger partial charge in [0.05, 0.1) is 16.4 Å². The minimum atomic E-state index is -3.75. The monoisotopic (exact) mass is 346 g/mol. The van der Waals surface area contributed by atoms with E-state index < -0.39 is 25.9 Å². The molecule has 1 saturated heterocycles. The largest absolute Gasteiger partial charge is 0.329 e. The van der Waals surface area contributed by atoms with Crippen LogP contribution < -0.4 is 5.73 Å². The number of hydrogen-bond acceptors (Lipinski definition) is 5. The first-order valence-electron chi connectivity index (χ1n) is 7.17. The molecule has 1 aliphatic heterocycles. The van der Waals surface area contributed by atoms with E-state index in [2.05, 4.69) is 0 Å².